The summed E-state index contributed by atoms with van der Waals surface area (Å²) < 4.78 is 6.39. The van der Waals surface area contributed by atoms with E-state index < -0.39 is 17.8 Å². The van der Waals surface area contributed by atoms with E-state index in [0.29, 0.717) is 12.2 Å². The Hall–Kier alpha value is -1.90. The number of imide groups is 2. The number of barbiturate groups is 1. The molecule has 0 bridgehead atoms. The van der Waals surface area contributed by atoms with E-state index in [1.54, 1.807) is 6.07 Å². The molecule has 7 heteroatoms. The summed E-state index contributed by atoms with van der Waals surface area (Å²) in [7, 11) is 0. The summed E-state index contributed by atoms with van der Waals surface area (Å²) in [5.74, 6) is -0.398. The molecule has 1 aromatic carbocycles. The van der Waals surface area contributed by atoms with Gasteiger partial charge in [0.15, 0.2) is 0 Å². The molecule has 132 valence electrons. The molecule has 4 amide bonds. The van der Waals surface area contributed by atoms with Gasteiger partial charge in [-0.1, -0.05) is 18.9 Å². The van der Waals surface area contributed by atoms with Crippen LogP contribution in [-0.4, -0.2) is 35.4 Å². The number of carbonyl (C=O) groups is 3. The number of nitrogens with one attached hydrogen (secondary N) is 1. The largest absolute Gasteiger partial charge is 0.493 e. The number of hydrogen-bond donors (Lipinski definition) is 1. The van der Waals surface area contributed by atoms with E-state index in [0.717, 1.165) is 35.0 Å². The minimum absolute atomic E-state index is 0.00791. The number of carbonyl (C=O) groups excluding carboxylic acids is 3. The first kappa shape index (κ1) is 17.9. The lowest BCUT2D eigenvalue weighted by molar-refractivity contribution is -0.131. The van der Waals surface area contributed by atoms with Crippen LogP contribution in [-0.2, 0) is 9.59 Å². The lowest BCUT2D eigenvalue weighted by atomic mass is 10.1. The number of nitrogens with zero attached hydrogens (tertiary/aromatic N) is 1. The molecular formula is C18H19IN2O4. The third-order valence-electron chi connectivity index (χ3n) is 4.39. The Morgan fingerprint density at radius 2 is 2.00 bits per heavy atom. The number of urea groups is 1. The molecule has 2 fully saturated rings. The van der Waals surface area contributed by atoms with Crippen LogP contribution in [0.1, 0.15) is 38.2 Å². The van der Waals surface area contributed by atoms with Crippen LogP contribution >= 0.6 is 22.6 Å². The van der Waals surface area contributed by atoms with E-state index in [2.05, 4.69) is 27.9 Å². The van der Waals surface area contributed by atoms with Crippen molar-refractivity contribution in [1.29, 1.82) is 0 Å². The maximum absolute atomic E-state index is 12.7. The fourth-order valence-electron chi connectivity index (χ4n) is 3.21. The van der Waals surface area contributed by atoms with Gasteiger partial charge in [-0.05, 0) is 66.1 Å². The molecule has 1 aromatic rings. The summed E-state index contributed by atoms with van der Waals surface area (Å²) in [6.07, 6.45) is 5.10. The molecule has 0 spiro atoms. The van der Waals surface area contributed by atoms with Crippen molar-refractivity contribution in [2.75, 3.05) is 6.61 Å². The van der Waals surface area contributed by atoms with Crippen molar-refractivity contribution in [2.45, 2.75) is 38.6 Å². The SMILES string of the molecule is CCOc1ccc(/C=C2\C(=O)NC(=O)N(C3CCCC3)C2=O)cc1I. The van der Waals surface area contributed by atoms with Crippen molar-refractivity contribution < 1.29 is 19.1 Å². The Morgan fingerprint density at radius 3 is 2.64 bits per heavy atom. The van der Waals surface area contributed by atoms with Crippen LogP contribution in [0.5, 0.6) is 5.75 Å². The van der Waals surface area contributed by atoms with Crippen molar-refractivity contribution in [3.8, 4) is 5.75 Å². The molecule has 1 saturated heterocycles. The summed E-state index contributed by atoms with van der Waals surface area (Å²) in [4.78, 5) is 38.2. The Bertz CT molecular complexity index is 753. The van der Waals surface area contributed by atoms with E-state index >= 15 is 0 Å². The molecular weight excluding hydrogens is 435 g/mol. The fraction of sp³-hybridized carbons (Fsp3) is 0.389. The summed E-state index contributed by atoms with van der Waals surface area (Å²) in [5.41, 5.74) is 0.707. The molecule has 0 unspecified atom stereocenters. The number of benzene rings is 1. The first-order valence-corrected chi connectivity index (χ1v) is 9.42. The molecule has 6 nitrogen and oxygen atoms in total. The molecule has 25 heavy (non-hydrogen) atoms. The zero-order chi connectivity index (χ0) is 18.0. The predicted octanol–water partition coefficient (Wildman–Crippen LogP) is 3.09. The number of hydrogen-bond acceptors (Lipinski definition) is 4. The summed E-state index contributed by atoms with van der Waals surface area (Å²) in [6.45, 7) is 2.47. The first-order valence-electron chi connectivity index (χ1n) is 8.34. The number of halogens is 1. The van der Waals surface area contributed by atoms with Crippen LogP contribution in [0.25, 0.3) is 6.08 Å². The summed E-state index contributed by atoms with van der Waals surface area (Å²) in [6, 6.07) is 4.71. The normalized spacial score (nSPS) is 20.3. The lowest BCUT2D eigenvalue weighted by Gasteiger charge is -2.31. The lowest BCUT2D eigenvalue weighted by Crippen LogP contribution is -2.57. The van der Waals surface area contributed by atoms with Gasteiger partial charge in [-0.15, -0.1) is 0 Å². The topological polar surface area (TPSA) is 75.7 Å². The second-order valence-electron chi connectivity index (χ2n) is 6.05. The van der Waals surface area contributed by atoms with Crippen LogP contribution in [0.15, 0.2) is 23.8 Å². The van der Waals surface area contributed by atoms with Crippen molar-refractivity contribution in [1.82, 2.24) is 10.2 Å². The Morgan fingerprint density at radius 1 is 1.28 bits per heavy atom. The Balaban J connectivity index is 1.90. The van der Waals surface area contributed by atoms with Gasteiger partial charge in [-0.2, -0.15) is 0 Å². The molecule has 2 aliphatic rings. The number of amides is 4. The zero-order valence-electron chi connectivity index (χ0n) is 13.9. The van der Waals surface area contributed by atoms with Crippen molar-refractivity contribution in [3.63, 3.8) is 0 Å². The smallest absolute Gasteiger partial charge is 0.331 e. The van der Waals surface area contributed by atoms with E-state index in [1.165, 1.54) is 11.0 Å². The van der Waals surface area contributed by atoms with E-state index in [4.69, 9.17) is 4.74 Å². The van der Waals surface area contributed by atoms with E-state index in [-0.39, 0.29) is 11.6 Å². The first-order chi connectivity index (χ1) is 12.0. The number of rotatable bonds is 4. The average Bonchev–Trinajstić information content (AvgIpc) is 3.08. The number of ether oxygens (including phenoxy) is 1. The van der Waals surface area contributed by atoms with Gasteiger partial charge in [0, 0.05) is 6.04 Å². The third-order valence-corrected chi connectivity index (χ3v) is 5.23. The third kappa shape index (κ3) is 3.70. The van der Waals surface area contributed by atoms with E-state index in [1.807, 2.05) is 19.1 Å². The molecule has 0 radical (unpaired) electrons. The highest BCUT2D eigenvalue weighted by Crippen LogP contribution is 2.28. The van der Waals surface area contributed by atoms with Crippen LogP contribution in [0, 0.1) is 3.57 Å². The highest BCUT2D eigenvalue weighted by molar-refractivity contribution is 14.1. The van der Waals surface area contributed by atoms with Gasteiger partial charge in [0.2, 0.25) is 0 Å². The second kappa shape index (κ2) is 7.55. The van der Waals surface area contributed by atoms with Crippen molar-refractivity contribution >= 4 is 46.5 Å². The van der Waals surface area contributed by atoms with Gasteiger partial charge in [0.05, 0.1) is 10.2 Å². The van der Waals surface area contributed by atoms with Crippen LogP contribution in [0.3, 0.4) is 0 Å². The quantitative estimate of drug-likeness (QED) is 0.431. The van der Waals surface area contributed by atoms with Crippen molar-refractivity contribution in [3.05, 3.63) is 32.9 Å². The standard InChI is InChI=1S/C18H19IN2O4/c1-2-25-15-8-7-11(10-14(15)19)9-13-16(22)20-18(24)21(17(13)23)12-5-3-4-6-12/h7-10,12H,2-6H2,1H3,(H,20,22,24)/b13-9+. The van der Waals surface area contributed by atoms with Crippen LogP contribution in [0.2, 0.25) is 0 Å². The second-order valence-corrected chi connectivity index (χ2v) is 7.22. The molecule has 3 rings (SSSR count). The predicted molar refractivity (Wildman–Crippen MR) is 101 cm³/mol. The molecule has 1 aliphatic carbocycles. The van der Waals surface area contributed by atoms with Crippen LogP contribution in [0.4, 0.5) is 4.79 Å². The molecule has 0 atom stereocenters. The monoisotopic (exact) mass is 454 g/mol. The molecule has 1 aliphatic heterocycles. The molecule has 1 N–H and O–H groups in total. The van der Waals surface area contributed by atoms with Gasteiger partial charge in [-0.25, -0.2) is 4.79 Å². The highest BCUT2D eigenvalue weighted by atomic mass is 127. The Labute approximate surface area is 159 Å². The van der Waals surface area contributed by atoms with Gasteiger partial charge < -0.3 is 4.74 Å². The Kier molecular flexibility index (Phi) is 5.41. The van der Waals surface area contributed by atoms with Gasteiger partial charge in [0.25, 0.3) is 11.8 Å². The molecule has 0 aromatic heterocycles. The average molecular weight is 454 g/mol. The van der Waals surface area contributed by atoms with Crippen LogP contribution < -0.4 is 10.1 Å². The summed E-state index contributed by atoms with van der Waals surface area (Å²) in [5, 5.41) is 2.29. The summed E-state index contributed by atoms with van der Waals surface area (Å²) >= 11 is 2.15. The van der Waals surface area contributed by atoms with Gasteiger partial charge in [0.1, 0.15) is 11.3 Å². The minimum Gasteiger partial charge on any atom is -0.493 e. The molecule has 1 heterocycles. The van der Waals surface area contributed by atoms with Gasteiger partial charge in [-0.3, -0.25) is 19.8 Å². The highest BCUT2D eigenvalue weighted by Gasteiger charge is 2.40. The minimum atomic E-state index is -0.645. The van der Waals surface area contributed by atoms with E-state index in [9.17, 15) is 14.4 Å². The van der Waals surface area contributed by atoms with Crippen molar-refractivity contribution in [2.24, 2.45) is 0 Å². The zero-order valence-corrected chi connectivity index (χ0v) is 16.0. The maximum atomic E-state index is 12.7. The maximum Gasteiger partial charge on any atom is 0.331 e. The van der Waals surface area contributed by atoms with Gasteiger partial charge >= 0.3 is 6.03 Å². The molecule has 1 saturated carbocycles. The fourth-order valence-corrected chi connectivity index (χ4v) is 3.91.